The summed E-state index contributed by atoms with van der Waals surface area (Å²) in [5, 5.41) is 0. The molecule has 4 nitrogen and oxygen atoms in total. The second-order valence-corrected chi connectivity index (χ2v) is 5.08. The molecule has 1 aliphatic heterocycles. The zero-order chi connectivity index (χ0) is 12.3. The van der Waals surface area contributed by atoms with Crippen LogP contribution in [0.1, 0.15) is 27.7 Å². The molecule has 3 unspecified atom stereocenters. The van der Waals surface area contributed by atoms with E-state index in [-0.39, 0.29) is 24.0 Å². The number of carbonyl (C=O) groups is 1. The molecule has 0 saturated carbocycles. The molecule has 0 bridgehead atoms. The van der Waals surface area contributed by atoms with Crippen LogP contribution in [0.25, 0.3) is 0 Å². The molecule has 1 rings (SSSR count). The SMILES string of the molecule is CC1CN(C(=O)C(C)C(C)C)CC(CN)O1. The Hall–Kier alpha value is -0.610. The number of morpholine rings is 1. The van der Waals surface area contributed by atoms with E-state index in [2.05, 4.69) is 13.8 Å². The molecule has 4 heteroatoms. The number of nitrogens with zero attached hydrogens (tertiary/aromatic N) is 1. The third kappa shape index (κ3) is 3.19. The Bertz CT molecular complexity index is 243. The highest BCUT2D eigenvalue weighted by molar-refractivity contribution is 5.78. The van der Waals surface area contributed by atoms with Gasteiger partial charge in [0.1, 0.15) is 0 Å². The molecule has 2 N–H and O–H groups in total. The minimum absolute atomic E-state index is 0.00735. The molecular weight excluding hydrogens is 204 g/mol. The van der Waals surface area contributed by atoms with Crippen molar-refractivity contribution in [3.05, 3.63) is 0 Å². The van der Waals surface area contributed by atoms with Gasteiger partial charge in [0, 0.05) is 25.6 Å². The molecule has 0 spiro atoms. The van der Waals surface area contributed by atoms with E-state index in [1.165, 1.54) is 0 Å². The van der Waals surface area contributed by atoms with Crippen LogP contribution < -0.4 is 5.73 Å². The summed E-state index contributed by atoms with van der Waals surface area (Å²) in [6.07, 6.45) is 0.0812. The van der Waals surface area contributed by atoms with Gasteiger partial charge >= 0.3 is 0 Å². The molecular formula is C12H24N2O2. The quantitative estimate of drug-likeness (QED) is 0.779. The molecule has 0 aromatic rings. The van der Waals surface area contributed by atoms with Crippen LogP contribution in [-0.4, -0.2) is 42.6 Å². The zero-order valence-electron chi connectivity index (χ0n) is 10.8. The molecule has 1 heterocycles. The largest absolute Gasteiger partial charge is 0.370 e. The highest BCUT2D eigenvalue weighted by Crippen LogP contribution is 2.17. The minimum Gasteiger partial charge on any atom is -0.370 e. The maximum absolute atomic E-state index is 12.2. The third-order valence-electron chi connectivity index (χ3n) is 3.29. The molecule has 0 aliphatic carbocycles. The molecule has 0 aromatic heterocycles. The van der Waals surface area contributed by atoms with Gasteiger partial charge in [-0.25, -0.2) is 0 Å². The molecule has 1 saturated heterocycles. The summed E-state index contributed by atoms with van der Waals surface area (Å²) in [5.74, 6) is 0.675. The van der Waals surface area contributed by atoms with Gasteiger partial charge in [-0.2, -0.15) is 0 Å². The number of rotatable bonds is 3. The fourth-order valence-corrected chi connectivity index (χ4v) is 1.93. The average Bonchev–Trinajstić information content (AvgIpc) is 2.25. The van der Waals surface area contributed by atoms with Crippen LogP contribution in [0.4, 0.5) is 0 Å². The molecule has 0 aromatic carbocycles. The van der Waals surface area contributed by atoms with Crippen LogP contribution in [0, 0.1) is 11.8 Å². The summed E-state index contributed by atoms with van der Waals surface area (Å²) in [5.41, 5.74) is 5.60. The molecule has 16 heavy (non-hydrogen) atoms. The van der Waals surface area contributed by atoms with E-state index in [1.807, 2.05) is 18.7 Å². The second-order valence-electron chi connectivity index (χ2n) is 5.08. The van der Waals surface area contributed by atoms with Crippen molar-refractivity contribution in [1.82, 2.24) is 4.90 Å². The first-order valence-electron chi connectivity index (χ1n) is 6.10. The normalized spacial score (nSPS) is 28.2. The van der Waals surface area contributed by atoms with Crippen molar-refractivity contribution in [3.8, 4) is 0 Å². The summed E-state index contributed by atoms with van der Waals surface area (Å²) < 4.78 is 5.64. The van der Waals surface area contributed by atoms with Crippen molar-refractivity contribution in [2.24, 2.45) is 17.6 Å². The summed E-state index contributed by atoms with van der Waals surface area (Å²) in [7, 11) is 0. The Balaban J connectivity index is 2.61. The van der Waals surface area contributed by atoms with E-state index < -0.39 is 0 Å². The van der Waals surface area contributed by atoms with Crippen LogP contribution in [0.2, 0.25) is 0 Å². The standard InChI is InChI=1S/C12H24N2O2/c1-8(2)10(4)12(15)14-6-9(3)16-11(5-13)7-14/h8-11H,5-7,13H2,1-4H3. The summed E-state index contributed by atoms with van der Waals surface area (Å²) in [6.45, 7) is 9.93. The molecule has 1 amide bonds. The molecule has 1 fully saturated rings. The van der Waals surface area contributed by atoms with E-state index in [0.717, 1.165) is 0 Å². The Morgan fingerprint density at radius 2 is 2.06 bits per heavy atom. The number of hydrogen-bond donors (Lipinski definition) is 1. The first-order valence-corrected chi connectivity index (χ1v) is 6.10. The van der Waals surface area contributed by atoms with Crippen molar-refractivity contribution < 1.29 is 9.53 Å². The van der Waals surface area contributed by atoms with E-state index in [9.17, 15) is 4.79 Å². The lowest BCUT2D eigenvalue weighted by molar-refractivity contribution is -0.148. The van der Waals surface area contributed by atoms with Gasteiger partial charge in [-0.15, -0.1) is 0 Å². The number of nitrogens with two attached hydrogens (primary N) is 1. The maximum atomic E-state index is 12.2. The van der Waals surface area contributed by atoms with Gasteiger partial charge in [-0.3, -0.25) is 4.79 Å². The van der Waals surface area contributed by atoms with Crippen molar-refractivity contribution in [3.63, 3.8) is 0 Å². The van der Waals surface area contributed by atoms with Gasteiger partial charge in [-0.1, -0.05) is 20.8 Å². The smallest absolute Gasteiger partial charge is 0.225 e. The summed E-state index contributed by atoms with van der Waals surface area (Å²) in [4.78, 5) is 14.1. The lowest BCUT2D eigenvalue weighted by Crippen LogP contribution is -2.53. The Kier molecular flexibility index (Phi) is 4.74. The first-order chi connectivity index (χ1) is 7.45. The van der Waals surface area contributed by atoms with Gasteiger partial charge < -0.3 is 15.4 Å². The van der Waals surface area contributed by atoms with E-state index in [0.29, 0.717) is 25.6 Å². The van der Waals surface area contributed by atoms with Crippen LogP contribution in [0.5, 0.6) is 0 Å². The lowest BCUT2D eigenvalue weighted by atomic mass is 9.96. The van der Waals surface area contributed by atoms with Gasteiger partial charge in [0.2, 0.25) is 5.91 Å². The summed E-state index contributed by atoms with van der Waals surface area (Å²) in [6, 6.07) is 0. The van der Waals surface area contributed by atoms with Crippen LogP contribution in [0.3, 0.4) is 0 Å². The monoisotopic (exact) mass is 228 g/mol. The Labute approximate surface area is 98.1 Å². The fourth-order valence-electron chi connectivity index (χ4n) is 1.93. The summed E-state index contributed by atoms with van der Waals surface area (Å²) >= 11 is 0. The number of carbonyl (C=O) groups excluding carboxylic acids is 1. The van der Waals surface area contributed by atoms with E-state index in [1.54, 1.807) is 0 Å². The number of hydrogen-bond acceptors (Lipinski definition) is 3. The maximum Gasteiger partial charge on any atom is 0.225 e. The fraction of sp³-hybridized carbons (Fsp3) is 0.917. The van der Waals surface area contributed by atoms with Crippen molar-refractivity contribution in [1.29, 1.82) is 0 Å². The van der Waals surface area contributed by atoms with Gasteiger partial charge in [0.15, 0.2) is 0 Å². The molecule has 94 valence electrons. The second kappa shape index (κ2) is 5.64. The highest BCUT2D eigenvalue weighted by atomic mass is 16.5. The van der Waals surface area contributed by atoms with Crippen LogP contribution in [-0.2, 0) is 9.53 Å². The zero-order valence-corrected chi connectivity index (χ0v) is 10.8. The van der Waals surface area contributed by atoms with Crippen molar-refractivity contribution in [2.75, 3.05) is 19.6 Å². The minimum atomic E-state index is -0.00735. The average molecular weight is 228 g/mol. The lowest BCUT2D eigenvalue weighted by Gasteiger charge is -2.38. The number of amides is 1. The van der Waals surface area contributed by atoms with Gasteiger partial charge in [0.25, 0.3) is 0 Å². The van der Waals surface area contributed by atoms with Crippen molar-refractivity contribution in [2.45, 2.75) is 39.9 Å². The van der Waals surface area contributed by atoms with Crippen LogP contribution >= 0.6 is 0 Å². The van der Waals surface area contributed by atoms with E-state index in [4.69, 9.17) is 10.5 Å². The first kappa shape index (κ1) is 13.5. The van der Waals surface area contributed by atoms with Gasteiger partial charge in [0.05, 0.1) is 12.2 Å². The van der Waals surface area contributed by atoms with Crippen LogP contribution in [0.15, 0.2) is 0 Å². The van der Waals surface area contributed by atoms with Gasteiger partial charge in [-0.05, 0) is 12.8 Å². The molecule has 0 radical (unpaired) electrons. The predicted octanol–water partition coefficient (Wildman–Crippen LogP) is 0.853. The Morgan fingerprint density at radius 3 is 2.56 bits per heavy atom. The topological polar surface area (TPSA) is 55.6 Å². The predicted molar refractivity (Wildman–Crippen MR) is 64.0 cm³/mol. The molecule has 3 atom stereocenters. The van der Waals surface area contributed by atoms with Crippen molar-refractivity contribution >= 4 is 5.91 Å². The Morgan fingerprint density at radius 1 is 1.44 bits per heavy atom. The molecule has 1 aliphatic rings. The number of ether oxygens (including phenoxy) is 1. The highest BCUT2D eigenvalue weighted by Gasteiger charge is 2.30. The van der Waals surface area contributed by atoms with E-state index >= 15 is 0 Å². The third-order valence-corrected chi connectivity index (χ3v) is 3.29.